The molecular formula is C15H14BrN3O6. The van der Waals surface area contributed by atoms with Crippen molar-refractivity contribution in [3.05, 3.63) is 47.5 Å². The van der Waals surface area contributed by atoms with Crippen LogP contribution in [0.4, 0.5) is 11.7 Å². The lowest BCUT2D eigenvalue weighted by Gasteiger charge is -1.98. The quantitative estimate of drug-likeness (QED) is 0.313. The first-order chi connectivity index (χ1) is 11.3. The molecule has 0 amide bonds. The number of aromatic carboxylic acids is 2. The van der Waals surface area contributed by atoms with Gasteiger partial charge in [-0.1, -0.05) is 0 Å². The van der Waals surface area contributed by atoms with Gasteiger partial charge < -0.3 is 31.2 Å². The van der Waals surface area contributed by atoms with Gasteiger partial charge in [0.25, 0.3) is 6.01 Å². The standard InChI is InChI=1S/C8H6N2O3.C7H7NO3.BrH/c9-8-10-5-3-4(7(11)12)1-2-6(5)13-8;8-5-3-4(7(10)11)1-2-6(5)9;/h1-3H,(H2,9,10)(H,11,12);1-3,9H,8H2,(H,10,11);1H. The van der Waals surface area contributed by atoms with Crippen LogP contribution in [0.1, 0.15) is 20.7 Å². The van der Waals surface area contributed by atoms with E-state index in [2.05, 4.69) is 4.98 Å². The van der Waals surface area contributed by atoms with Gasteiger partial charge in [0.05, 0.1) is 16.8 Å². The first kappa shape index (κ1) is 19.8. The maximum absolute atomic E-state index is 10.6. The van der Waals surface area contributed by atoms with E-state index in [4.69, 9.17) is 31.2 Å². The van der Waals surface area contributed by atoms with Crippen molar-refractivity contribution in [1.82, 2.24) is 4.98 Å². The van der Waals surface area contributed by atoms with Crippen LogP contribution in [0.25, 0.3) is 11.1 Å². The van der Waals surface area contributed by atoms with Crippen molar-refractivity contribution in [3.8, 4) is 5.75 Å². The van der Waals surface area contributed by atoms with Gasteiger partial charge in [0, 0.05) is 0 Å². The molecule has 9 nitrogen and oxygen atoms in total. The van der Waals surface area contributed by atoms with Crippen LogP contribution in [0.5, 0.6) is 5.75 Å². The number of hydrogen-bond donors (Lipinski definition) is 5. The third-order valence-corrected chi connectivity index (χ3v) is 2.93. The monoisotopic (exact) mass is 411 g/mol. The second kappa shape index (κ2) is 8.02. The summed E-state index contributed by atoms with van der Waals surface area (Å²) in [5.41, 5.74) is 11.8. The maximum atomic E-state index is 10.6. The van der Waals surface area contributed by atoms with Crippen molar-refractivity contribution in [2.45, 2.75) is 0 Å². The Morgan fingerprint density at radius 2 is 1.52 bits per heavy atom. The zero-order valence-electron chi connectivity index (χ0n) is 12.5. The molecule has 3 aromatic rings. The Kier molecular flexibility index (Phi) is 6.34. The highest BCUT2D eigenvalue weighted by Crippen LogP contribution is 2.20. The first-order valence-electron chi connectivity index (χ1n) is 6.49. The van der Waals surface area contributed by atoms with Crippen LogP contribution in [0.3, 0.4) is 0 Å². The predicted molar refractivity (Wildman–Crippen MR) is 95.2 cm³/mol. The van der Waals surface area contributed by atoms with Crippen LogP contribution in [0, 0.1) is 0 Å². The lowest BCUT2D eigenvalue weighted by Crippen LogP contribution is -1.97. The lowest BCUT2D eigenvalue weighted by molar-refractivity contribution is 0.0686. The van der Waals surface area contributed by atoms with Crippen molar-refractivity contribution in [3.63, 3.8) is 0 Å². The molecule has 25 heavy (non-hydrogen) atoms. The van der Waals surface area contributed by atoms with Gasteiger partial charge in [0.1, 0.15) is 11.3 Å². The fourth-order valence-corrected chi connectivity index (χ4v) is 1.77. The fourth-order valence-electron chi connectivity index (χ4n) is 1.77. The van der Waals surface area contributed by atoms with Crippen LogP contribution >= 0.6 is 17.0 Å². The Labute approximate surface area is 151 Å². The van der Waals surface area contributed by atoms with E-state index in [9.17, 15) is 9.59 Å². The maximum Gasteiger partial charge on any atom is 0.335 e. The number of phenolic OH excluding ortho intramolecular Hbond substituents is 1. The number of nitrogens with two attached hydrogens (primary N) is 2. The molecule has 0 radical (unpaired) electrons. The van der Waals surface area contributed by atoms with E-state index in [0.717, 1.165) is 0 Å². The molecule has 3 rings (SSSR count). The molecule has 0 unspecified atom stereocenters. The number of aromatic hydroxyl groups is 1. The number of nitrogen functional groups attached to an aromatic ring is 2. The Hall–Kier alpha value is -3.27. The minimum Gasteiger partial charge on any atom is -0.506 e. The molecule has 1 aromatic heterocycles. The summed E-state index contributed by atoms with van der Waals surface area (Å²) < 4.78 is 4.98. The van der Waals surface area contributed by atoms with E-state index in [1.54, 1.807) is 0 Å². The summed E-state index contributed by atoms with van der Waals surface area (Å²) in [6, 6.07) is 8.16. The van der Waals surface area contributed by atoms with Gasteiger partial charge >= 0.3 is 11.9 Å². The number of benzene rings is 2. The van der Waals surface area contributed by atoms with E-state index in [1.165, 1.54) is 36.4 Å². The Morgan fingerprint density at radius 1 is 0.960 bits per heavy atom. The number of carboxylic acids is 2. The summed E-state index contributed by atoms with van der Waals surface area (Å²) in [4.78, 5) is 24.7. The van der Waals surface area contributed by atoms with E-state index in [-0.39, 0.29) is 45.6 Å². The molecule has 0 aliphatic heterocycles. The summed E-state index contributed by atoms with van der Waals surface area (Å²) in [5, 5.41) is 26.0. The molecule has 1 heterocycles. The van der Waals surface area contributed by atoms with E-state index < -0.39 is 11.9 Å². The number of fused-ring (bicyclic) bond motifs is 1. The van der Waals surface area contributed by atoms with Crippen LogP contribution in [0.2, 0.25) is 0 Å². The second-order valence-corrected chi connectivity index (χ2v) is 4.62. The fraction of sp³-hybridized carbons (Fsp3) is 0. The zero-order chi connectivity index (χ0) is 17.9. The molecule has 0 saturated carbocycles. The van der Waals surface area contributed by atoms with Crippen molar-refractivity contribution in [2.75, 3.05) is 11.5 Å². The number of carbonyl (C=O) groups is 2. The molecule has 7 N–H and O–H groups in total. The number of nitrogens with zero attached hydrogens (tertiary/aromatic N) is 1. The van der Waals surface area contributed by atoms with Gasteiger partial charge in [-0.05, 0) is 36.4 Å². The number of hydrogen-bond acceptors (Lipinski definition) is 7. The number of aromatic nitrogens is 1. The number of anilines is 2. The van der Waals surface area contributed by atoms with Crippen LogP contribution < -0.4 is 11.5 Å². The SMILES string of the molecule is Br.Nc1cc(C(=O)O)ccc1O.Nc1nc2cc(C(=O)O)ccc2o1. The molecule has 10 heteroatoms. The molecule has 0 fully saturated rings. The van der Waals surface area contributed by atoms with Crippen LogP contribution in [0.15, 0.2) is 40.8 Å². The van der Waals surface area contributed by atoms with Gasteiger partial charge in [-0.25, -0.2) is 9.59 Å². The number of halogens is 1. The molecule has 2 aromatic carbocycles. The highest BCUT2D eigenvalue weighted by atomic mass is 79.9. The molecular weight excluding hydrogens is 398 g/mol. The minimum absolute atomic E-state index is 0. The average Bonchev–Trinajstić information content (AvgIpc) is 2.89. The van der Waals surface area contributed by atoms with E-state index in [0.29, 0.717) is 11.1 Å². The van der Waals surface area contributed by atoms with E-state index in [1.807, 2.05) is 0 Å². The molecule has 0 saturated heterocycles. The number of oxazole rings is 1. The average molecular weight is 412 g/mol. The van der Waals surface area contributed by atoms with Gasteiger partial charge in [0.2, 0.25) is 0 Å². The molecule has 0 bridgehead atoms. The number of carboxylic acid groups (broad SMARTS) is 2. The minimum atomic E-state index is -1.06. The van der Waals surface area contributed by atoms with Crippen molar-refractivity contribution >= 4 is 51.7 Å². The molecule has 0 spiro atoms. The molecule has 132 valence electrons. The Morgan fingerprint density at radius 3 is 2.08 bits per heavy atom. The topological polar surface area (TPSA) is 173 Å². The van der Waals surface area contributed by atoms with Crippen molar-refractivity contribution in [2.24, 2.45) is 0 Å². The zero-order valence-corrected chi connectivity index (χ0v) is 14.3. The van der Waals surface area contributed by atoms with Gasteiger partial charge in [-0.3, -0.25) is 0 Å². The van der Waals surface area contributed by atoms with E-state index >= 15 is 0 Å². The normalized spacial score (nSPS) is 9.60. The highest BCUT2D eigenvalue weighted by Gasteiger charge is 2.07. The first-order valence-corrected chi connectivity index (χ1v) is 6.49. The second-order valence-electron chi connectivity index (χ2n) is 4.62. The van der Waals surface area contributed by atoms with Gasteiger partial charge in [-0.15, -0.1) is 17.0 Å². The van der Waals surface area contributed by atoms with Gasteiger partial charge in [0.15, 0.2) is 5.58 Å². The smallest absolute Gasteiger partial charge is 0.335 e. The third-order valence-electron chi connectivity index (χ3n) is 2.93. The molecule has 0 aliphatic rings. The number of phenols is 1. The van der Waals surface area contributed by atoms with Crippen LogP contribution in [-0.2, 0) is 0 Å². The summed E-state index contributed by atoms with van der Waals surface area (Å²) in [7, 11) is 0. The van der Waals surface area contributed by atoms with Crippen LogP contribution in [-0.4, -0.2) is 32.2 Å². The Bertz CT molecular complexity index is 925. The Balaban J connectivity index is 0.000000244. The predicted octanol–water partition coefficient (Wildman–Crippen LogP) is 2.36. The largest absolute Gasteiger partial charge is 0.506 e. The van der Waals surface area contributed by atoms with Crippen molar-refractivity contribution < 1.29 is 29.3 Å². The lowest BCUT2D eigenvalue weighted by atomic mass is 10.2. The summed E-state index contributed by atoms with van der Waals surface area (Å²) in [5.74, 6) is -2.16. The summed E-state index contributed by atoms with van der Waals surface area (Å²) in [6.07, 6.45) is 0. The van der Waals surface area contributed by atoms with Gasteiger partial charge in [-0.2, -0.15) is 4.98 Å². The summed E-state index contributed by atoms with van der Waals surface area (Å²) in [6.45, 7) is 0. The highest BCUT2D eigenvalue weighted by molar-refractivity contribution is 8.93. The van der Waals surface area contributed by atoms with Crippen molar-refractivity contribution in [1.29, 1.82) is 0 Å². The molecule has 0 aliphatic carbocycles. The number of rotatable bonds is 2. The molecule has 0 atom stereocenters. The summed E-state index contributed by atoms with van der Waals surface area (Å²) >= 11 is 0. The third kappa shape index (κ3) is 4.85.